The summed E-state index contributed by atoms with van der Waals surface area (Å²) in [4.78, 5) is 16.3. The fraction of sp³-hybridized carbons (Fsp3) is 0.158. The number of nitrogens with zero attached hydrogens (tertiary/aromatic N) is 4. The number of anilines is 2. The third-order valence-electron chi connectivity index (χ3n) is 4.42. The minimum atomic E-state index is -4.47. The maximum Gasteiger partial charge on any atom is 0.405 e. The Morgan fingerprint density at radius 2 is 1.94 bits per heavy atom. The number of aromatic amines is 1. The molecule has 0 aliphatic heterocycles. The third kappa shape index (κ3) is 4.45. The number of carbonyl (C=O) groups is 1. The van der Waals surface area contributed by atoms with Gasteiger partial charge in [-0.15, -0.1) is 5.10 Å². The average molecular weight is 450 g/mol. The molecule has 8 nitrogen and oxygen atoms in total. The van der Waals surface area contributed by atoms with E-state index >= 15 is 0 Å². The fourth-order valence-corrected chi connectivity index (χ4v) is 3.13. The number of H-pyrrole nitrogens is 1. The Bertz CT molecular complexity index is 1250. The predicted molar refractivity (Wildman–Crippen MR) is 109 cm³/mol. The SMILES string of the molecule is Cn1nc(-c2ccc(C(=O)NCC(F)(F)F)cc2)nc1Nc1ccc2[nH]ncc2c1Cl. The summed E-state index contributed by atoms with van der Waals surface area (Å²) in [6, 6.07) is 9.56. The summed E-state index contributed by atoms with van der Waals surface area (Å²) in [5, 5.41) is 17.3. The Kier molecular flexibility index (Phi) is 5.27. The Morgan fingerprint density at radius 3 is 2.65 bits per heavy atom. The number of benzene rings is 2. The maximum atomic E-state index is 12.2. The molecule has 0 aliphatic rings. The van der Waals surface area contributed by atoms with Gasteiger partial charge >= 0.3 is 6.18 Å². The summed E-state index contributed by atoms with van der Waals surface area (Å²) in [7, 11) is 1.70. The van der Waals surface area contributed by atoms with Gasteiger partial charge in [-0.1, -0.05) is 23.7 Å². The number of aromatic nitrogens is 5. The zero-order valence-electron chi connectivity index (χ0n) is 16.0. The Labute approximate surface area is 178 Å². The Morgan fingerprint density at radius 1 is 1.19 bits per heavy atom. The highest BCUT2D eigenvalue weighted by molar-refractivity contribution is 6.38. The molecule has 2 heterocycles. The van der Waals surface area contributed by atoms with Gasteiger partial charge in [0.05, 0.1) is 22.4 Å². The number of hydrogen-bond acceptors (Lipinski definition) is 5. The van der Waals surface area contributed by atoms with Gasteiger partial charge in [-0.3, -0.25) is 9.89 Å². The van der Waals surface area contributed by atoms with Crippen molar-refractivity contribution in [2.75, 3.05) is 11.9 Å². The predicted octanol–water partition coefficient (Wildman–Crippen LogP) is 4.05. The number of hydrogen-bond donors (Lipinski definition) is 3. The highest BCUT2D eigenvalue weighted by atomic mass is 35.5. The number of rotatable bonds is 5. The molecule has 0 fully saturated rings. The van der Waals surface area contributed by atoms with E-state index in [1.807, 2.05) is 11.4 Å². The molecule has 4 aromatic rings. The second-order valence-corrected chi connectivity index (χ2v) is 7.02. The largest absolute Gasteiger partial charge is 0.405 e. The first-order valence-corrected chi connectivity index (χ1v) is 9.34. The molecule has 2 aromatic carbocycles. The number of fused-ring (bicyclic) bond motifs is 1. The molecule has 0 radical (unpaired) electrons. The van der Waals surface area contributed by atoms with Crippen molar-refractivity contribution in [1.82, 2.24) is 30.3 Å². The molecule has 2 aromatic heterocycles. The van der Waals surface area contributed by atoms with Crippen molar-refractivity contribution in [3.63, 3.8) is 0 Å². The third-order valence-corrected chi connectivity index (χ3v) is 4.83. The van der Waals surface area contributed by atoms with Crippen LogP contribution in [0.1, 0.15) is 10.4 Å². The first-order chi connectivity index (χ1) is 14.7. The molecule has 4 rings (SSSR count). The lowest BCUT2D eigenvalue weighted by molar-refractivity contribution is -0.123. The van der Waals surface area contributed by atoms with Gasteiger partial charge < -0.3 is 10.6 Å². The van der Waals surface area contributed by atoms with Crippen LogP contribution in [-0.2, 0) is 7.05 Å². The van der Waals surface area contributed by atoms with Gasteiger partial charge in [0.1, 0.15) is 6.54 Å². The summed E-state index contributed by atoms with van der Waals surface area (Å²) in [5.41, 5.74) is 2.11. The molecule has 0 atom stereocenters. The van der Waals surface area contributed by atoms with E-state index in [-0.39, 0.29) is 5.56 Å². The summed E-state index contributed by atoms with van der Waals surface area (Å²) in [6.45, 7) is -1.39. The van der Waals surface area contributed by atoms with Crippen LogP contribution in [0.15, 0.2) is 42.6 Å². The molecule has 160 valence electrons. The normalized spacial score (nSPS) is 11.6. The van der Waals surface area contributed by atoms with E-state index in [9.17, 15) is 18.0 Å². The molecule has 3 N–H and O–H groups in total. The number of carbonyl (C=O) groups excluding carboxylic acids is 1. The quantitative estimate of drug-likeness (QED) is 0.427. The molecule has 0 bridgehead atoms. The number of amides is 1. The first kappa shape index (κ1) is 20.7. The van der Waals surface area contributed by atoms with Crippen LogP contribution in [-0.4, -0.2) is 43.6 Å². The van der Waals surface area contributed by atoms with Crippen LogP contribution in [0.25, 0.3) is 22.3 Å². The molecule has 0 saturated heterocycles. The van der Waals surface area contributed by atoms with Crippen LogP contribution in [0.3, 0.4) is 0 Å². The van der Waals surface area contributed by atoms with Gasteiger partial charge in [-0.25, -0.2) is 4.68 Å². The molecule has 1 amide bonds. The number of nitrogens with one attached hydrogen (secondary N) is 3. The first-order valence-electron chi connectivity index (χ1n) is 8.96. The van der Waals surface area contributed by atoms with E-state index in [1.165, 1.54) is 16.8 Å². The van der Waals surface area contributed by atoms with Crippen molar-refractivity contribution in [2.24, 2.45) is 7.05 Å². The van der Waals surface area contributed by atoms with Gasteiger partial charge in [-0.2, -0.15) is 23.3 Å². The van der Waals surface area contributed by atoms with Crippen molar-refractivity contribution >= 4 is 40.0 Å². The van der Waals surface area contributed by atoms with Gasteiger partial charge in [-0.05, 0) is 24.3 Å². The van der Waals surface area contributed by atoms with Gasteiger partial charge in [0.15, 0.2) is 5.82 Å². The average Bonchev–Trinajstić information content (AvgIpc) is 3.35. The topological polar surface area (TPSA) is 101 Å². The minimum absolute atomic E-state index is 0.0995. The molecular weight excluding hydrogens is 435 g/mol. The van der Waals surface area contributed by atoms with Gasteiger partial charge in [0.25, 0.3) is 5.91 Å². The molecule has 0 saturated carbocycles. The van der Waals surface area contributed by atoms with Gasteiger partial charge in [0, 0.05) is 23.6 Å². The highest BCUT2D eigenvalue weighted by Gasteiger charge is 2.27. The summed E-state index contributed by atoms with van der Waals surface area (Å²) in [6.07, 6.45) is -2.85. The second kappa shape index (κ2) is 7.91. The summed E-state index contributed by atoms with van der Waals surface area (Å²) in [5.74, 6) is -0.0241. The van der Waals surface area contributed by atoms with Crippen LogP contribution < -0.4 is 10.6 Å². The Hall–Kier alpha value is -3.60. The van der Waals surface area contributed by atoms with Crippen molar-refractivity contribution < 1.29 is 18.0 Å². The van der Waals surface area contributed by atoms with E-state index in [1.54, 1.807) is 31.4 Å². The van der Waals surface area contributed by atoms with Crippen molar-refractivity contribution in [3.05, 3.63) is 53.2 Å². The Balaban J connectivity index is 1.52. The fourth-order valence-electron chi connectivity index (χ4n) is 2.87. The van der Waals surface area contributed by atoms with Crippen LogP contribution in [0.5, 0.6) is 0 Å². The smallest absolute Gasteiger partial charge is 0.343 e. The standard InChI is InChI=1S/C19H15ClF3N7O/c1-30-18(26-14-7-6-13-12(15(14)20)8-25-28-13)27-16(29-30)10-2-4-11(5-3-10)17(31)24-9-19(21,22)23/h2-8H,9H2,1H3,(H,24,31)(H,25,28)(H,26,27,29). The van der Waals surface area contributed by atoms with E-state index in [4.69, 9.17) is 11.6 Å². The lowest BCUT2D eigenvalue weighted by Crippen LogP contribution is -2.33. The minimum Gasteiger partial charge on any atom is -0.343 e. The van der Waals surface area contributed by atoms with Crippen LogP contribution in [0.4, 0.5) is 24.8 Å². The molecule has 0 spiro atoms. The molecule has 12 heteroatoms. The van der Waals surface area contributed by atoms with E-state index < -0.39 is 18.6 Å². The molecule has 0 aliphatic carbocycles. The highest BCUT2D eigenvalue weighted by Crippen LogP contribution is 2.32. The zero-order chi connectivity index (χ0) is 22.2. The van der Waals surface area contributed by atoms with Crippen LogP contribution >= 0.6 is 11.6 Å². The molecule has 31 heavy (non-hydrogen) atoms. The van der Waals surface area contributed by atoms with E-state index in [0.29, 0.717) is 28.0 Å². The zero-order valence-corrected chi connectivity index (χ0v) is 16.7. The monoisotopic (exact) mass is 449 g/mol. The number of halogens is 4. The van der Waals surface area contributed by atoms with Crippen molar-refractivity contribution in [2.45, 2.75) is 6.18 Å². The van der Waals surface area contributed by atoms with Crippen molar-refractivity contribution in [3.8, 4) is 11.4 Å². The second-order valence-electron chi connectivity index (χ2n) is 6.64. The van der Waals surface area contributed by atoms with Crippen LogP contribution in [0, 0.1) is 0 Å². The molecule has 0 unspecified atom stereocenters. The lowest BCUT2D eigenvalue weighted by Gasteiger charge is -2.08. The molecular formula is C19H15ClF3N7O. The summed E-state index contributed by atoms with van der Waals surface area (Å²) < 4.78 is 38.3. The van der Waals surface area contributed by atoms with E-state index in [2.05, 4.69) is 25.6 Å². The van der Waals surface area contributed by atoms with Gasteiger partial charge in [0.2, 0.25) is 5.95 Å². The number of alkyl halides is 3. The van der Waals surface area contributed by atoms with E-state index in [0.717, 1.165) is 10.9 Å². The summed E-state index contributed by atoms with van der Waals surface area (Å²) >= 11 is 6.42. The maximum absolute atomic E-state index is 12.2. The number of aryl methyl sites for hydroxylation is 1. The van der Waals surface area contributed by atoms with Crippen molar-refractivity contribution in [1.29, 1.82) is 0 Å². The lowest BCUT2D eigenvalue weighted by atomic mass is 10.1. The van der Waals surface area contributed by atoms with Crippen LogP contribution in [0.2, 0.25) is 5.02 Å².